The van der Waals surface area contributed by atoms with E-state index in [1.807, 2.05) is 78.9 Å². The third-order valence-corrected chi connectivity index (χ3v) is 9.19. The molecule has 7 rings (SSSR count). The van der Waals surface area contributed by atoms with E-state index in [0.717, 1.165) is 58.2 Å². The number of ether oxygens (including phenoxy) is 1. The molecule has 0 aliphatic heterocycles. The zero-order valence-corrected chi connectivity index (χ0v) is 25.5. The van der Waals surface area contributed by atoms with E-state index in [4.69, 9.17) is 14.7 Å². The number of aliphatic carboxylic acids is 1. The third-order valence-electron chi connectivity index (χ3n) is 9.19. The van der Waals surface area contributed by atoms with Crippen LogP contribution in [0, 0.1) is 5.41 Å². The van der Waals surface area contributed by atoms with Crippen LogP contribution in [0.4, 0.5) is 13.2 Å². The van der Waals surface area contributed by atoms with Crippen LogP contribution in [0.25, 0.3) is 33.1 Å². The van der Waals surface area contributed by atoms with E-state index in [1.165, 1.54) is 12.1 Å². The van der Waals surface area contributed by atoms with Gasteiger partial charge >= 0.3 is 12.1 Å². The highest BCUT2D eigenvalue weighted by Crippen LogP contribution is 2.42. The molecule has 1 aliphatic carbocycles. The zero-order chi connectivity index (χ0) is 32.6. The van der Waals surface area contributed by atoms with Crippen LogP contribution < -0.4 is 4.74 Å². The fourth-order valence-electron chi connectivity index (χ4n) is 6.56. The summed E-state index contributed by atoms with van der Waals surface area (Å²) < 4.78 is 47.3. The molecule has 1 aliphatic rings. The number of imidazole rings is 1. The average Bonchev–Trinajstić information content (AvgIpc) is 3.69. The van der Waals surface area contributed by atoms with Crippen molar-refractivity contribution in [1.82, 2.24) is 14.5 Å². The molecule has 0 atom stereocenters. The first-order valence-electron chi connectivity index (χ1n) is 15.6. The topological polar surface area (TPSA) is 77.2 Å². The number of alkyl halides is 3. The molecule has 47 heavy (non-hydrogen) atoms. The van der Waals surface area contributed by atoms with Gasteiger partial charge in [0, 0.05) is 24.4 Å². The Labute approximate surface area is 269 Å². The smallest absolute Gasteiger partial charge is 0.416 e. The maximum atomic E-state index is 13.0. The van der Waals surface area contributed by atoms with E-state index in [-0.39, 0.29) is 6.61 Å². The number of pyridine rings is 1. The lowest BCUT2D eigenvalue weighted by atomic mass is 9.82. The van der Waals surface area contributed by atoms with Crippen LogP contribution in [0.3, 0.4) is 0 Å². The minimum Gasteiger partial charge on any atom is -0.487 e. The third kappa shape index (κ3) is 6.30. The molecular weight excluding hydrogens is 603 g/mol. The van der Waals surface area contributed by atoms with Gasteiger partial charge in [-0.05, 0) is 65.9 Å². The standard InChI is InChI=1S/C38H32F3N3O3/c39-38(40,41)29-14-11-27(12-15-29)26-9-7-25(8-10-26)23-44-34-18-17-31(47-24-30-16-13-28-5-1-2-6-32(28)42-30)21-33(34)43-35(44)22-37(36(45)46)19-3-4-20-37/h1-2,5-18,21H,3-4,19-20,22-24H2,(H,45,46). The van der Waals surface area contributed by atoms with Crippen molar-refractivity contribution in [2.24, 2.45) is 5.41 Å². The van der Waals surface area contributed by atoms with Gasteiger partial charge in [0.15, 0.2) is 0 Å². The number of hydrogen-bond acceptors (Lipinski definition) is 4. The van der Waals surface area contributed by atoms with Crippen LogP contribution in [0.15, 0.2) is 103 Å². The molecule has 1 saturated carbocycles. The first kappa shape index (κ1) is 30.5. The summed E-state index contributed by atoms with van der Waals surface area (Å²) in [5, 5.41) is 11.3. The number of carbonyl (C=O) groups is 1. The average molecular weight is 636 g/mol. The van der Waals surface area contributed by atoms with Crippen LogP contribution in [0.1, 0.15) is 48.3 Å². The zero-order valence-electron chi connectivity index (χ0n) is 25.5. The largest absolute Gasteiger partial charge is 0.487 e. The lowest BCUT2D eigenvalue weighted by Gasteiger charge is -2.24. The minimum atomic E-state index is -4.38. The molecule has 4 aromatic carbocycles. The first-order chi connectivity index (χ1) is 22.7. The number of carboxylic acid groups (broad SMARTS) is 1. The van der Waals surface area contributed by atoms with Gasteiger partial charge in [0.05, 0.1) is 33.2 Å². The number of benzene rings is 4. The summed E-state index contributed by atoms with van der Waals surface area (Å²) in [7, 11) is 0. The second-order valence-corrected chi connectivity index (χ2v) is 12.3. The molecule has 238 valence electrons. The molecule has 0 radical (unpaired) electrons. The second kappa shape index (κ2) is 12.2. The summed E-state index contributed by atoms with van der Waals surface area (Å²) >= 11 is 0. The summed E-state index contributed by atoms with van der Waals surface area (Å²) in [5.41, 5.74) is 4.19. The summed E-state index contributed by atoms with van der Waals surface area (Å²) in [6, 6.07) is 30.4. The number of fused-ring (bicyclic) bond motifs is 2. The number of nitrogens with zero attached hydrogens (tertiary/aromatic N) is 3. The molecule has 0 amide bonds. The maximum absolute atomic E-state index is 13.0. The van der Waals surface area contributed by atoms with Crippen molar-refractivity contribution in [3.05, 3.63) is 126 Å². The van der Waals surface area contributed by atoms with Crippen molar-refractivity contribution in [1.29, 1.82) is 0 Å². The highest BCUT2D eigenvalue weighted by Gasteiger charge is 2.42. The molecule has 9 heteroatoms. The Balaban J connectivity index is 1.17. The van der Waals surface area contributed by atoms with Gasteiger partial charge in [-0.2, -0.15) is 13.2 Å². The van der Waals surface area contributed by atoms with Crippen molar-refractivity contribution in [2.75, 3.05) is 0 Å². The van der Waals surface area contributed by atoms with Crippen LogP contribution >= 0.6 is 0 Å². The van der Waals surface area contributed by atoms with Crippen molar-refractivity contribution >= 4 is 27.9 Å². The second-order valence-electron chi connectivity index (χ2n) is 12.3. The Morgan fingerprint density at radius 1 is 0.830 bits per heavy atom. The molecule has 0 unspecified atom stereocenters. The molecule has 0 bridgehead atoms. The number of aromatic nitrogens is 3. The van der Waals surface area contributed by atoms with E-state index >= 15 is 0 Å². The normalized spacial score (nSPS) is 14.5. The number of hydrogen-bond donors (Lipinski definition) is 1. The van der Waals surface area contributed by atoms with Gasteiger partial charge in [-0.3, -0.25) is 4.79 Å². The summed E-state index contributed by atoms with van der Waals surface area (Å²) in [6.07, 6.45) is -1.09. The highest BCUT2D eigenvalue weighted by atomic mass is 19.4. The van der Waals surface area contributed by atoms with E-state index in [1.54, 1.807) is 0 Å². The number of rotatable bonds is 9. The molecule has 0 spiro atoms. The van der Waals surface area contributed by atoms with Crippen LogP contribution in [0.2, 0.25) is 0 Å². The van der Waals surface area contributed by atoms with Gasteiger partial charge in [-0.1, -0.05) is 73.5 Å². The molecule has 0 saturated heterocycles. The van der Waals surface area contributed by atoms with E-state index in [0.29, 0.717) is 48.5 Å². The number of carboxylic acids is 1. The van der Waals surface area contributed by atoms with Gasteiger partial charge in [-0.15, -0.1) is 0 Å². The Morgan fingerprint density at radius 2 is 1.53 bits per heavy atom. The maximum Gasteiger partial charge on any atom is 0.416 e. The van der Waals surface area contributed by atoms with Gasteiger partial charge in [0.25, 0.3) is 0 Å². The molecule has 6 nitrogen and oxygen atoms in total. The van der Waals surface area contributed by atoms with Gasteiger partial charge in [0.2, 0.25) is 0 Å². The SMILES string of the molecule is O=C(O)C1(Cc2nc3cc(OCc4ccc5ccccc5n4)ccc3n2Cc2ccc(-c3ccc(C(F)(F)F)cc3)cc2)CCCC1. The fraction of sp³-hybridized carbons (Fsp3) is 0.237. The lowest BCUT2D eigenvalue weighted by molar-refractivity contribution is -0.148. The number of para-hydroxylation sites is 1. The molecule has 1 fully saturated rings. The first-order valence-corrected chi connectivity index (χ1v) is 15.6. The minimum absolute atomic E-state index is 0.289. The van der Waals surface area contributed by atoms with Gasteiger partial charge < -0.3 is 14.4 Å². The van der Waals surface area contributed by atoms with Crippen molar-refractivity contribution in [3.63, 3.8) is 0 Å². The van der Waals surface area contributed by atoms with E-state index in [2.05, 4.69) is 4.57 Å². The van der Waals surface area contributed by atoms with Gasteiger partial charge in [-0.25, -0.2) is 9.97 Å². The predicted octanol–water partition coefficient (Wildman–Crippen LogP) is 9.09. The molecular formula is C38H32F3N3O3. The van der Waals surface area contributed by atoms with Gasteiger partial charge in [0.1, 0.15) is 18.2 Å². The van der Waals surface area contributed by atoms with Crippen LogP contribution in [0.5, 0.6) is 5.75 Å². The Hall–Kier alpha value is -5.18. The molecule has 6 aromatic rings. The quantitative estimate of drug-likeness (QED) is 0.172. The summed E-state index contributed by atoms with van der Waals surface area (Å²) in [6.45, 7) is 0.743. The number of halogens is 3. The van der Waals surface area contributed by atoms with Crippen LogP contribution in [-0.4, -0.2) is 25.6 Å². The molecule has 2 heterocycles. The monoisotopic (exact) mass is 635 g/mol. The summed E-state index contributed by atoms with van der Waals surface area (Å²) in [5.74, 6) is 0.546. The van der Waals surface area contributed by atoms with E-state index in [9.17, 15) is 23.1 Å². The fourth-order valence-corrected chi connectivity index (χ4v) is 6.56. The van der Waals surface area contributed by atoms with Crippen molar-refractivity contribution < 1.29 is 27.8 Å². The van der Waals surface area contributed by atoms with Crippen molar-refractivity contribution in [3.8, 4) is 16.9 Å². The Bertz CT molecular complexity index is 2060. The predicted molar refractivity (Wildman–Crippen MR) is 174 cm³/mol. The Morgan fingerprint density at radius 3 is 2.23 bits per heavy atom. The highest BCUT2D eigenvalue weighted by molar-refractivity contribution is 5.80. The van der Waals surface area contributed by atoms with Crippen molar-refractivity contribution in [2.45, 2.75) is 51.4 Å². The molecule has 1 N–H and O–H groups in total. The Kier molecular flexibility index (Phi) is 7.91. The molecule has 2 aromatic heterocycles. The van der Waals surface area contributed by atoms with E-state index < -0.39 is 23.1 Å². The lowest BCUT2D eigenvalue weighted by Crippen LogP contribution is -2.31. The summed E-state index contributed by atoms with van der Waals surface area (Å²) in [4.78, 5) is 22.1. The van der Waals surface area contributed by atoms with Crippen LogP contribution in [-0.2, 0) is 30.5 Å².